The van der Waals surface area contributed by atoms with Gasteiger partial charge in [-0.2, -0.15) is 27.1 Å². The number of ether oxygens (including phenoxy) is 1. The first-order valence-corrected chi connectivity index (χ1v) is 10.1. The van der Waals surface area contributed by atoms with Crippen molar-refractivity contribution in [1.82, 2.24) is 19.2 Å². The smallest absolute Gasteiger partial charge is 0.401 e. The number of pyridine rings is 1. The number of fused-ring (bicyclic) bond motifs is 3. The molecular weight excluding hydrogens is 491 g/mol. The van der Waals surface area contributed by atoms with Crippen LogP contribution in [0.4, 0.5) is 38.1 Å². The maximum atomic E-state index is 14.2. The minimum absolute atomic E-state index is 0.0204. The minimum Gasteiger partial charge on any atom is -0.488 e. The second kappa shape index (κ2) is 8.11. The first kappa shape index (κ1) is 23.7. The zero-order valence-corrected chi connectivity index (χ0v) is 18.3. The van der Waals surface area contributed by atoms with Crippen LogP contribution < -0.4 is 20.5 Å². The Morgan fingerprint density at radius 1 is 1.35 bits per heavy atom. The summed E-state index contributed by atoms with van der Waals surface area (Å²) in [6, 6.07) is 1.21. The maximum Gasteiger partial charge on any atom is 0.401 e. The van der Waals surface area contributed by atoms with Gasteiger partial charge < -0.3 is 10.1 Å². The standard InChI is InChI=1S/C19H16ClF5N6O3/c1-3-34-11-4-9(7-29(15(11)32)16(21)22)27-17(33)30-8-18(2,19(23,24)25)14-10(30)6-26-13-5-12(20)28-31(13)14/h4-7,16H,3,8H2,1-2H3,(H,27,33)/t18-/m1/s1. The third kappa shape index (κ3) is 3.71. The lowest BCUT2D eigenvalue weighted by molar-refractivity contribution is -0.181. The molecule has 182 valence electrons. The first-order valence-electron chi connectivity index (χ1n) is 9.74. The Morgan fingerprint density at radius 3 is 2.68 bits per heavy atom. The van der Waals surface area contributed by atoms with Crippen molar-refractivity contribution >= 4 is 34.7 Å². The molecule has 9 nitrogen and oxygen atoms in total. The molecule has 15 heteroatoms. The van der Waals surface area contributed by atoms with E-state index in [0.717, 1.165) is 28.6 Å². The van der Waals surface area contributed by atoms with Crippen LogP contribution in [0.25, 0.3) is 5.65 Å². The van der Waals surface area contributed by atoms with Crippen molar-refractivity contribution in [2.24, 2.45) is 0 Å². The molecule has 0 aliphatic carbocycles. The lowest BCUT2D eigenvalue weighted by Crippen LogP contribution is -2.46. The molecule has 2 amide bonds. The molecule has 0 bridgehead atoms. The van der Waals surface area contributed by atoms with Gasteiger partial charge in [0.1, 0.15) is 5.41 Å². The van der Waals surface area contributed by atoms with Crippen molar-refractivity contribution in [2.45, 2.75) is 32.0 Å². The average Bonchev–Trinajstić information content (AvgIpc) is 3.27. The Hall–Kier alpha value is -3.42. The molecule has 1 aliphatic rings. The molecule has 0 saturated carbocycles. The van der Waals surface area contributed by atoms with Crippen LogP contribution in [0.15, 0.2) is 29.3 Å². The normalized spacial score (nSPS) is 18.0. The van der Waals surface area contributed by atoms with Crippen LogP contribution in [0.3, 0.4) is 0 Å². The molecule has 0 spiro atoms. The van der Waals surface area contributed by atoms with E-state index in [1.165, 1.54) is 13.0 Å². The molecule has 34 heavy (non-hydrogen) atoms. The highest BCUT2D eigenvalue weighted by Crippen LogP contribution is 2.50. The van der Waals surface area contributed by atoms with Crippen LogP contribution in [0, 0.1) is 0 Å². The van der Waals surface area contributed by atoms with Crippen molar-refractivity contribution in [2.75, 3.05) is 23.4 Å². The molecule has 0 aromatic carbocycles. The summed E-state index contributed by atoms with van der Waals surface area (Å²) in [5, 5.41) is 6.03. The Labute approximate surface area is 192 Å². The topological polar surface area (TPSA) is 93.8 Å². The van der Waals surface area contributed by atoms with E-state index in [2.05, 4.69) is 15.4 Å². The van der Waals surface area contributed by atoms with Crippen LogP contribution in [0.5, 0.6) is 5.75 Å². The summed E-state index contributed by atoms with van der Waals surface area (Å²) in [7, 11) is 0. The number of carbonyl (C=O) groups is 1. The molecule has 1 aliphatic heterocycles. The molecule has 3 aromatic rings. The van der Waals surface area contributed by atoms with E-state index in [1.54, 1.807) is 0 Å². The number of nitrogens with one attached hydrogen (secondary N) is 1. The molecule has 0 radical (unpaired) electrons. The fourth-order valence-electron chi connectivity index (χ4n) is 3.73. The quantitative estimate of drug-likeness (QED) is 0.535. The minimum atomic E-state index is -4.80. The second-order valence-corrected chi connectivity index (χ2v) is 7.98. The summed E-state index contributed by atoms with van der Waals surface area (Å²) in [6.07, 6.45) is -3.05. The number of alkyl halides is 5. The number of amides is 2. The molecule has 4 heterocycles. The van der Waals surface area contributed by atoms with E-state index < -0.39 is 42.0 Å². The van der Waals surface area contributed by atoms with Crippen LogP contribution in [-0.2, 0) is 5.41 Å². The van der Waals surface area contributed by atoms with Gasteiger partial charge in [-0.3, -0.25) is 14.3 Å². The largest absolute Gasteiger partial charge is 0.488 e. The molecular formula is C19H16ClF5N6O3. The fourth-order valence-corrected chi connectivity index (χ4v) is 3.90. The van der Waals surface area contributed by atoms with Gasteiger partial charge in [-0.15, -0.1) is 0 Å². The van der Waals surface area contributed by atoms with Crippen LogP contribution >= 0.6 is 11.6 Å². The van der Waals surface area contributed by atoms with Crippen molar-refractivity contribution in [3.8, 4) is 5.75 Å². The van der Waals surface area contributed by atoms with Crippen molar-refractivity contribution in [1.29, 1.82) is 0 Å². The van der Waals surface area contributed by atoms with Gasteiger partial charge in [0.2, 0.25) is 0 Å². The molecule has 3 aromatic heterocycles. The number of carbonyl (C=O) groups excluding carboxylic acids is 1. The number of anilines is 2. The molecule has 4 rings (SSSR count). The van der Waals surface area contributed by atoms with E-state index in [9.17, 15) is 31.5 Å². The predicted octanol–water partition coefficient (Wildman–Crippen LogP) is 4.21. The Kier molecular flexibility index (Phi) is 5.66. The second-order valence-electron chi connectivity index (χ2n) is 7.59. The SMILES string of the molecule is CCOc1cc(NC(=O)N2C[C@@](C)(C(F)(F)F)c3c2cnc2cc(Cl)nn32)cn(C(F)F)c1=O. The third-order valence-corrected chi connectivity index (χ3v) is 5.55. The molecule has 1 N–H and O–H groups in total. The Morgan fingerprint density at radius 2 is 2.06 bits per heavy atom. The highest BCUT2D eigenvalue weighted by atomic mass is 35.5. The zero-order valence-electron chi connectivity index (χ0n) is 17.5. The lowest BCUT2D eigenvalue weighted by Gasteiger charge is -2.28. The summed E-state index contributed by atoms with van der Waals surface area (Å²) in [5.74, 6) is -0.461. The van der Waals surface area contributed by atoms with Gasteiger partial charge in [-0.25, -0.2) is 14.3 Å². The van der Waals surface area contributed by atoms with Crippen LogP contribution in [-0.4, -0.2) is 44.5 Å². The van der Waals surface area contributed by atoms with E-state index in [-0.39, 0.29) is 39.0 Å². The average molecular weight is 507 g/mol. The van der Waals surface area contributed by atoms with Gasteiger partial charge in [0.25, 0.3) is 5.56 Å². The van der Waals surface area contributed by atoms with Gasteiger partial charge in [0.15, 0.2) is 16.5 Å². The Balaban J connectivity index is 1.78. The zero-order chi connectivity index (χ0) is 25.0. The molecule has 1 atom stereocenters. The molecule has 0 unspecified atom stereocenters. The fraction of sp³-hybridized carbons (Fsp3) is 0.368. The van der Waals surface area contributed by atoms with Gasteiger partial charge in [-0.05, 0) is 13.8 Å². The van der Waals surface area contributed by atoms with E-state index in [1.807, 2.05) is 0 Å². The first-order chi connectivity index (χ1) is 15.9. The number of rotatable bonds is 4. The summed E-state index contributed by atoms with van der Waals surface area (Å²) < 4.78 is 75.0. The van der Waals surface area contributed by atoms with E-state index in [0.29, 0.717) is 6.20 Å². The van der Waals surface area contributed by atoms with Crippen LogP contribution in [0.2, 0.25) is 5.15 Å². The number of halogens is 6. The number of hydrogen-bond donors (Lipinski definition) is 1. The third-order valence-electron chi connectivity index (χ3n) is 5.36. The monoisotopic (exact) mass is 506 g/mol. The predicted molar refractivity (Wildman–Crippen MR) is 111 cm³/mol. The summed E-state index contributed by atoms with van der Waals surface area (Å²) in [4.78, 5) is 29.9. The summed E-state index contributed by atoms with van der Waals surface area (Å²) in [5.41, 5.74) is -4.47. The summed E-state index contributed by atoms with van der Waals surface area (Å²) in [6.45, 7) is -1.69. The van der Waals surface area contributed by atoms with Gasteiger partial charge in [0, 0.05) is 24.9 Å². The number of urea groups is 1. The van der Waals surface area contributed by atoms with Crippen molar-refractivity contribution < 1.29 is 31.5 Å². The van der Waals surface area contributed by atoms with Crippen molar-refractivity contribution in [3.63, 3.8) is 0 Å². The highest BCUT2D eigenvalue weighted by molar-refractivity contribution is 6.29. The molecule has 0 fully saturated rings. The summed E-state index contributed by atoms with van der Waals surface area (Å²) >= 11 is 5.84. The lowest BCUT2D eigenvalue weighted by atomic mass is 9.88. The number of nitrogens with zero attached hydrogens (tertiary/aromatic N) is 5. The van der Waals surface area contributed by atoms with Gasteiger partial charge in [-0.1, -0.05) is 11.6 Å². The van der Waals surface area contributed by atoms with E-state index >= 15 is 0 Å². The molecule has 0 saturated heterocycles. The highest BCUT2D eigenvalue weighted by Gasteiger charge is 2.60. The Bertz CT molecular complexity index is 1340. The van der Waals surface area contributed by atoms with Gasteiger partial charge in [0.05, 0.1) is 29.9 Å². The van der Waals surface area contributed by atoms with Crippen LogP contribution in [0.1, 0.15) is 26.1 Å². The number of aromatic nitrogens is 4. The number of hydrogen-bond acceptors (Lipinski definition) is 5. The van der Waals surface area contributed by atoms with Crippen molar-refractivity contribution in [3.05, 3.63) is 45.7 Å². The maximum absolute atomic E-state index is 14.2. The van der Waals surface area contributed by atoms with E-state index in [4.69, 9.17) is 16.3 Å². The van der Waals surface area contributed by atoms with Gasteiger partial charge >= 0.3 is 18.8 Å².